The van der Waals surface area contributed by atoms with Gasteiger partial charge in [0.25, 0.3) is 0 Å². The number of hydrogen-bond donors (Lipinski definition) is 0. The van der Waals surface area contributed by atoms with E-state index in [1.165, 1.54) is 19.3 Å². The topological polar surface area (TPSA) is 57.7 Å². The Balaban J connectivity index is 1.67. The van der Waals surface area contributed by atoms with E-state index in [2.05, 4.69) is 0 Å². The Morgan fingerprint density at radius 1 is 0.964 bits per heavy atom. The minimum atomic E-state index is -3.52. The molecule has 1 aliphatic heterocycles. The van der Waals surface area contributed by atoms with Gasteiger partial charge in [-0.3, -0.25) is 4.79 Å². The molecule has 1 heterocycles. The second kappa shape index (κ2) is 8.54. The minimum absolute atomic E-state index is 0.0569. The number of sulfonamides is 1. The van der Waals surface area contributed by atoms with E-state index in [4.69, 9.17) is 0 Å². The van der Waals surface area contributed by atoms with Crippen LogP contribution in [-0.2, 0) is 14.8 Å². The van der Waals surface area contributed by atoms with Crippen LogP contribution in [-0.4, -0.2) is 49.7 Å². The summed E-state index contributed by atoms with van der Waals surface area (Å²) < 4.78 is 28.0. The molecule has 2 aliphatic rings. The maximum Gasteiger partial charge on any atom is 0.243 e. The molecule has 156 valence electrons. The van der Waals surface area contributed by atoms with Crippen molar-refractivity contribution in [3.63, 3.8) is 0 Å². The van der Waals surface area contributed by atoms with Crippen LogP contribution >= 0.6 is 0 Å². The van der Waals surface area contributed by atoms with Crippen LogP contribution in [0.5, 0.6) is 0 Å². The lowest BCUT2D eigenvalue weighted by Crippen LogP contribution is -2.46. The summed E-state index contributed by atoms with van der Waals surface area (Å²) in [6.45, 7) is 6.55. The highest BCUT2D eigenvalue weighted by Gasteiger charge is 2.35. The molecule has 28 heavy (non-hydrogen) atoms. The van der Waals surface area contributed by atoms with Gasteiger partial charge in [0.2, 0.25) is 15.9 Å². The van der Waals surface area contributed by atoms with Crippen molar-refractivity contribution < 1.29 is 13.2 Å². The zero-order chi connectivity index (χ0) is 20.5. The second-order valence-electron chi connectivity index (χ2n) is 8.65. The van der Waals surface area contributed by atoms with Crippen molar-refractivity contribution in [3.05, 3.63) is 28.8 Å². The quantitative estimate of drug-likeness (QED) is 0.764. The predicted octanol–water partition coefficient (Wildman–Crippen LogP) is 3.80. The van der Waals surface area contributed by atoms with E-state index in [1.54, 1.807) is 4.31 Å². The molecular weight excluding hydrogens is 372 g/mol. The van der Waals surface area contributed by atoms with E-state index < -0.39 is 10.0 Å². The summed E-state index contributed by atoms with van der Waals surface area (Å²) in [6.07, 6.45) is 7.09. The van der Waals surface area contributed by atoms with Crippen molar-refractivity contribution in [3.8, 4) is 0 Å². The van der Waals surface area contributed by atoms with Gasteiger partial charge in [0.15, 0.2) is 0 Å². The highest BCUT2D eigenvalue weighted by atomic mass is 32.2. The molecule has 1 aromatic rings. The van der Waals surface area contributed by atoms with Gasteiger partial charge in [0.1, 0.15) is 0 Å². The van der Waals surface area contributed by atoms with E-state index in [-0.39, 0.29) is 11.8 Å². The van der Waals surface area contributed by atoms with Gasteiger partial charge in [0.05, 0.1) is 4.90 Å². The Hall–Kier alpha value is -1.40. The minimum Gasteiger partial charge on any atom is -0.343 e. The maximum atomic E-state index is 13.2. The highest BCUT2D eigenvalue weighted by Crippen LogP contribution is 2.30. The van der Waals surface area contributed by atoms with Crippen molar-refractivity contribution in [2.24, 2.45) is 5.92 Å². The number of aryl methyl sites for hydroxylation is 3. The zero-order valence-electron chi connectivity index (χ0n) is 17.7. The summed E-state index contributed by atoms with van der Waals surface area (Å²) >= 11 is 0. The Bertz CT molecular complexity index is 797. The normalized spacial score (nSPS) is 20.3. The molecule has 6 heteroatoms. The van der Waals surface area contributed by atoms with Crippen LogP contribution in [0.15, 0.2) is 17.0 Å². The summed E-state index contributed by atoms with van der Waals surface area (Å²) in [5.41, 5.74) is 2.67. The summed E-state index contributed by atoms with van der Waals surface area (Å²) in [4.78, 5) is 15.3. The lowest BCUT2D eigenvalue weighted by atomic mass is 9.91. The number of carbonyl (C=O) groups excluding carboxylic acids is 1. The first-order valence-electron chi connectivity index (χ1n) is 10.6. The summed E-state index contributed by atoms with van der Waals surface area (Å²) in [5, 5.41) is 0. The largest absolute Gasteiger partial charge is 0.343 e. The van der Waals surface area contributed by atoms with Crippen LogP contribution in [0.4, 0.5) is 0 Å². The third kappa shape index (κ3) is 4.28. The van der Waals surface area contributed by atoms with E-state index in [1.807, 2.05) is 44.9 Å². The molecule has 2 fully saturated rings. The number of benzene rings is 1. The van der Waals surface area contributed by atoms with Crippen molar-refractivity contribution in [2.75, 3.05) is 20.1 Å². The fourth-order valence-corrected chi connectivity index (χ4v) is 6.86. The summed E-state index contributed by atoms with van der Waals surface area (Å²) in [6, 6.07) is 4.21. The third-order valence-corrected chi connectivity index (χ3v) is 8.68. The van der Waals surface area contributed by atoms with Gasteiger partial charge < -0.3 is 4.90 Å². The molecule has 1 amide bonds. The number of hydrogen-bond acceptors (Lipinski definition) is 3. The fourth-order valence-electron chi connectivity index (χ4n) is 4.98. The van der Waals surface area contributed by atoms with Crippen molar-refractivity contribution in [2.45, 2.75) is 76.7 Å². The first kappa shape index (κ1) is 21.3. The molecule has 1 saturated heterocycles. The van der Waals surface area contributed by atoms with Gasteiger partial charge in [0, 0.05) is 32.1 Å². The summed E-state index contributed by atoms with van der Waals surface area (Å²) in [5.74, 6) is 0.144. The fraction of sp³-hybridized carbons (Fsp3) is 0.682. The lowest BCUT2D eigenvalue weighted by molar-refractivity contribution is -0.138. The molecule has 1 aliphatic carbocycles. The molecule has 3 rings (SSSR count). The smallest absolute Gasteiger partial charge is 0.243 e. The average Bonchev–Trinajstić information content (AvgIpc) is 2.66. The van der Waals surface area contributed by atoms with Gasteiger partial charge >= 0.3 is 0 Å². The van der Waals surface area contributed by atoms with E-state index in [9.17, 15) is 13.2 Å². The van der Waals surface area contributed by atoms with Gasteiger partial charge in [-0.25, -0.2) is 8.42 Å². The molecule has 0 aromatic heterocycles. The van der Waals surface area contributed by atoms with Crippen LogP contribution in [0.3, 0.4) is 0 Å². The van der Waals surface area contributed by atoms with Crippen molar-refractivity contribution in [1.82, 2.24) is 9.21 Å². The standard InChI is InChI=1S/C22H34N2O3S/c1-16-14-17(2)21(18(3)15-16)28(26,27)24-12-10-19(11-13-24)22(25)23(4)20-8-6-5-7-9-20/h14-15,19-20H,5-13H2,1-4H3. The lowest BCUT2D eigenvalue weighted by Gasteiger charge is -2.37. The van der Waals surface area contributed by atoms with E-state index in [0.29, 0.717) is 36.9 Å². The Morgan fingerprint density at radius 2 is 1.50 bits per heavy atom. The van der Waals surface area contributed by atoms with Crippen molar-refractivity contribution in [1.29, 1.82) is 0 Å². The Labute approximate surface area is 170 Å². The number of amides is 1. The number of carbonyl (C=O) groups is 1. The highest BCUT2D eigenvalue weighted by molar-refractivity contribution is 7.89. The van der Waals surface area contributed by atoms with Crippen LogP contribution in [0.2, 0.25) is 0 Å². The summed E-state index contributed by atoms with van der Waals surface area (Å²) in [7, 11) is -1.59. The molecule has 0 bridgehead atoms. The molecule has 0 unspecified atom stereocenters. The molecule has 0 radical (unpaired) electrons. The molecule has 0 atom stereocenters. The molecule has 1 aromatic carbocycles. The Morgan fingerprint density at radius 3 is 2.04 bits per heavy atom. The van der Waals surface area contributed by atoms with Crippen molar-refractivity contribution >= 4 is 15.9 Å². The van der Waals surface area contributed by atoms with Gasteiger partial charge in [-0.05, 0) is 57.6 Å². The maximum absolute atomic E-state index is 13.2. The molecule has 0 spiro atoms. The third-order valence-electron chi connectivity index (χ3n) is 6.48. The van der Waals surface area contributed by atoms with E-state index in [0.717, 1.165) is 29.5 Å². The molecule has 0 N–H and O–H groups in total. The second-order valence-corrected chi connectivity index (χ2v) is 10.5. The number of rotatable bonds is 4. The molecule has 1 saturated carbocycles. The Kier molecular flexibility index (Phi) is 6.50. The first-order chi connectivity index (χ1) is 13.2. The van der Waals surface area contributed by atoms with Crippen LogP contribution in [0, 0.1) is 26.7 Å². The number of nitrogens with zero attached hydrogens (tertiary/aromatic N) is 2. The van der Waals surface area contributed by atoms with Crippen LogP contribution in [0.1, 0.15) is 61.6 Å². The molecule has 5 nitrogen and oxygen atoms in total. The zero-order valence-corrected chi connectivity index (χ0v) is 18.5. The van der Waals surface area contributed by atoms with Crippen LogP contribution in [0.25, 0.3) is 0 Å². The predicted molar refractivity (Wildman–Crippen MR) is 112 cm³/mol. The first-order valence-corrected chi connectivity index (χ1v) is 12.0. The number of piperidine rings is 1. The van der Waals surface area contributed by atoms with Gasteiger partial charge in [-0.1, -0.05) is 37.0 Å². The average molecular weight is 407 g/mol. The molecular formula is C22H34N2O3S. The van der Waals surface area contributed by atoms with E-state index >= 15 is 0 Å². The SMILES string of the molecule is Cc1cc(C)c(S(=O)(=O)N2CCC(C(=O)N(C)C3CCCCC3)CC2)c(C)c1. The van der Waals surface area contributed by atoms with Crippen LogP contribution < -0.4 is 0 Å². The van der Waals surface area contributed by atoms with Gasteiger partial charge in [-0.2, -0.15) is 4.31 Å². The van der Waals surface area contributed by atoms with Gasteiger partial charge in [-0.15, -0.1) is 0 Å². The monoisotopic (exact) mass is 406 g/mol.